The maximum absolute atomic E-state index is 6.15. The lowest BCUT2D eigenvalue weighted by molar-refractivity contribution is 0.344. The van der Waals surface area contributed by atoms with Crippen LogP contribution in [-0.4, -0.2) is 36.6 Å². The maximum Gasteiger partial charge on any atom is 0.186 e. The minimum atomic E-state index is 0.587. The molecule has 5 aromatic rings. The first-order valence-corrected chi connectivity index (χ1v) is 12.1. The fourth-order valence-electron chi connectivity index (χ4n) is 5.50. The van der Waals surface area contributed by atoms with Gasteiger partial charge in [0.1, 0.15) is 11.5 Å². The van der Waals surface area contributed by atoms with Gasteiger partial charge in [-0.15, -0.1) is 0 Å². The fourth-order valence-corrected chi connectivity index (χ4v) is 5.50. The molecule has 0 radical (unpaired) electrons. The van der Waals surface area contributed by atoms with E-state index in [2.05, 4.69) is 53.3 Å². The molecule has 0 aliphatic heterocycles. The van der Waals surface area contributed by atoms with E-state index < -0.39 is 0 Å². The highest BCUT2D eigenvalue weighted by Gasteiger charge is 2.29. The topological polar surface area (TPSA) is 46.8 Å². The molecule has 6 nitrogen and oxygen atoms in total. The van der Waals surface area contributed by atoms with Gasteiger partial charge in [-0.25, -0.2) is 0 Å². The van der Waals surface area contributed by atoms with Crippen LogP contribution in [0.3, 0.4) is 0 Å². The average molecular weight is 461 g/mol. The third-order valence-corrected chi connectivity index (χ3v) is 6.63. The van der Waals surface area contributed by atoms with E-state index in [-0.39, 0.29) is 0 Å². The summed E-state index contributed by atoms with van der Waals surface area (Å²) < 4.78 is 29.1. The van der Waals surface area contributed by atoms with Gasteiger partial charge in [-0.2, -0.15) is 0 Å². The molecular formula is C28H32N2O4. The molecular weight excluding hydrogens is 428 g/mol. The van der Waals surface area contributed by atoms with Gasteiger partial charge in [-0.3, -0.25) is 0 Å². The van der Waals surface area contributed by atoms with Crippen LogP contribution in [0.2, 0.25) is 0 Å². The average Bonchev–Trinajstić information content (AvgIpc) is 3.37. The van der Waals surface area contributed by atoms with Gasteiger partial charge < -0.3 is 28.1 Å². The van der Waals surface area contributed by atoms with Crippen molar-refractivity contribution in [2.45, 2.75) is 40.8 Å². The first-order valence-electron chi connectivity index (χ1n) is 12.1. The van der Waals surface area contributed by atoms with Gasteiger partial charge in [0.15, 0.2) is 11.5 Å². The fraction of sp³-hybridized carbons (Fsp3) is 0.357. The van der Waals surface area contributed by atoms with Crippen molar-refractivity contribution >= 4 is 43.6 Å². The molecule has 2 aromatic heterocycles. The number of hydrogen-bond acceptors (Lipinski definition) is 4. The number of hydrogen-bond donors (Lipinski definition) is 0. The summed E-state index contributed by atoms with van der Waals surface area (Å²) in [7, 11) is 3.43. The Labute approximate surface area is 199 Å². The molecule has 3 aromatic carbocycles. The van der Waals surface area contributed by atoms with Crippen LogP contribution in [0.25, 0.3) is 43.6 Å². The Morgan fingerprint density at radius 2 is 1.09 bits per heavy atom. The summed E-state index contributed by atoms with van der Waals surface area (Å²) in [6.07, 6.45) is 0. The Morgan fingerprint density at radius 3 is 1.56 bits per heavy atom. The standard InChI is InChI=1S/C28H32N2O4/c1-7-29-18-14-12-16-20(34-10-4)22(18)24-25(29)23-21-17(13-11-15-19(21)33-9-3)30(8-2)26(23)28(32-6)27(24)31-5/h11-16H,7-10H2,1-6H3. The summed E-state index contributed by atoms with van der Waals surface area (Å²) in [6, 6.07) is 12.5. The van der Waals surface area contributed by atoms with Gasteiger partial charge in [0.2, 0.25) is 0 Å². The number of aryl methyl sites for hydroxylation is 2. The lowest BCUT2D eigenvalue weighted by atomic mass is 10.0. The van der Waals surface area contributed by atoms with Crippen LogP contribution >= 0.6 is 0 Å². The van der Waals surface area contributed by atoms with Crippen molar-refractivity contribution in [3.63, 3.8) is 0 Å². The monoisotopic (exact) mass is 460 g/mol. The number of methoxy groups -OCH3 is 2. The summed E-state index contributed by atoms with van der Waals surface area (Å²) in [5.74, 6) is 3.18. The van der Waals surface area contributed by atoms with E-state index in [1.165, 1.54) is 0 Å². The van der Waals surface area contributed by atoms with Crippen LogP contribution in [0, 0.1) is 0 Å². The molecule has 0 aliphatic carbocycles. The highest BCUT2D eigenvalue weighted by molar-refractivity contribution is 6.30. The molecule has 0 spiro atoms. The Kier molecular flexibility index (Phi) is 5.68. The van der Waals surface area contributed by atoms with Crippen LogP contribution < -0.4 is 18.9 Å². The second-order valence-electron chi connectivity index (χ2n) is 8.17. The van der Waals surface area contributed by atoms with E-state index in [9.17, 15) is 0 Å². The van der Waals surface area contributed by atoms with Crippen LogP contribution in [0.1, 0.15) is 27.7 Å². The lowest BCUT2D eigenvalue weighted by Gasteiger charge is -2.15. The minimum absolute atomic E-state index is 0.587. The van der Waals surface area contributed by atoms with Crippen LogP contribution in [0.4, 0.5) is 0 Å². The molecule has 178 valence electrons. The number of benzene rings is 3. The molecule has 6 heteroatoms. The quantitative estimate of drug-likeness (QED) is 0.257. The zero-order valence-electron chi connectivity index (χ0n) is 20.8. The van der Waals surface area contributed by atoms with Crippen molar-refractivity contribution in [3.05, 3.63) is 36.4 Å². The third kappa shape index (κ3) is 2.87. The Morgan fingerprint density at radius 1 is 0.588 bits per heavy atom. The van der Waals surface area contributed by atoms with E-state index in [0.29, 0.717) is 13.2 Å². The number of rotatable bonds is 8. The van der Waals surface area contributed by atoms with E-state index in [1.807, 2.05) is 19.9 Å². The lowest BCUT2D eigenvalue weighted by Crippen LogP contribution is -2.00. The molecule has 2 heterocycles. The van der Waals surface area contributed by atoms with Gasteiger partial charge in [-0.1, -0.05) is 12.1 Å². The Bertz CT molecular complexity index is 1530. The molecule has 0 N–H and O–H groups in total. The summed E-state index contributed by atoms with van der Waals surface area (Å²) in [4.78, 5) is 0. The number of aromatic nitrogens is 2. The number of fused-ring (bicyclic) bond motifs is 7. The normalized spacial score (nSPS) is 11.7. The van der Waals surface area contributed by atoms with Gasteiger partial charge in [0, 0.05) is 18.5 Å². The summed E-state index contributed by atoms with van der Waals surface area (Å²) in [5, 5.41) is 4.27. The Balaban J connectivity index is 2.20. The highest BCUT2D eigenvalue weighted by Crippen LogP contribution is 2.53. The van der Waals surface area contributed by atoms with Crippen molar-refractivity contribution < 1.29 is 18.9 Å². The van der Waals surface area contributed by atoms with Crippen molar-refractivity contribution in [1.29, 1.82) is 0 Å². The molecule has 0 amide bonds. The zero-order valence-corrected chi connectivity index (χ0v) is 20.8. The molecule has 0 unspecified atom stereocenters. The second-order valence-corrected chi connectivity index (χ2v) is 8.17. The van der Waals surface area contributed by atoms with E-state index in [4.69, 9.17) is 18.9 Å². The van der Waals surface area contributed by atoms with E-state index in [1.54, 1.807) is 14.2 Å². The first-order chi connectivity index (χ1) is 16.7. The van der Waals surface area contributed by atoms with Crippen molar-refractivity contribution in [3.8, 4) is 23.0 Å². The van der Waals surface area contributed by atoms with Crippen LogP contribution in [0.5, 0.6) is 23.0 Å². The maximum atomic E-state index is 6.15. The molecule has 34 heavy (non-hydrogen) atoms. The molecule has 5 rings (SSSR count). The number of ether oxygens (including phenoxy) is 4. The predicted molar refractivity (Wildman–Crippen MR) is 139 cm³/mol. The van der Waals surface area contributed by atoms with E-state index in [0.717, 1.165) is 79.7 Å². The first kappa shape index (κ1) is 22.3. The third-order valence-electron chi connectivity index (χ3n) is 6.63. The SMILES string of the molecule is CCOc1cccc2c1c1c(c(OC)c(OC)c3c4c(OCC)cccc4n(CC)c31)n2CC. The minimum Gasteiger partial charge on any atom is -0.493 e. The number of nitrogens with zero attached hydrogens (tertiary/aromatic N) is 2. The molecule has 0 saturated carbocycles. The second kappa shape index (κ2) is 8.67. The van der Waals surface area contributed by atoms with Crippen molar-refractivity contribution in [1.82, 2.24) is 9.13 Å². The van der Waals surface area contributed by atoms with E-state index >= 15 is 0 Å². The summed E-state index contributed by atoms with van der Waals surface area (Å²) >= 11 is 0. The molecule has 0 fully saturated rings. The smallest absolute Gasteiger partial charge is 0.186 e. The van der Waals surface area contributed by atoms with Gasteiger partial charge in [-0.05, 0) is 52.0 Å². The molecule has 0 saturated heterocycles. The van der Waals surface area contributed by atoms with Gasteiger partial charge >= 0.3 is 0 Å². The highest BCUT2D eigenvalue weighted by atomic mass is 16.5. The largest absolute Gasteiger partial charge is 0.493 e. The summed E-state index contributed by atoms with van der Waals surface area (Å²) in [5.41, 5.74) is 4.37. The van der Waals surface area contributed by atoms with Gasteiger partial charge in [0.25, 0.3) is 0 Å². The zero-order chi connectivity index (χ0) is 24.0. The van der Waals surface area contributed by atoms with Crippen LogP contribution in [0.15, 0.2) is 36.4 Å². The molecule has 0 atom stereocenters. The predicted octanol–water partition coefficient (Wildman–Crippen LogP) is 6.76. The summed E-state index contributed by atoms with van der Waals surface area (Å²) in [6.45, 7) is 11.1. The van der Waals surface area contributed by atoms with Gasteiger partial charge in [0.05, 0.1) is 65.7 Å². The Hall–Kier alpha value is -3.54. The van der Waals surface area contributed by atoms with Crippen LogP contribution in [-0.2, 0) is 13.1 Å². The van der Waals surface area contributed by atoms with Crippen molar-refractivity contribution in [2.24, 2.45) is 0 Å². The molecule has 0 aliphatic rings. The molecule has 0 bridgehead atoms. The van der Waals surface area contributed by atoms with Crippen molar-refractivity contribution in [2.75, 3.05) is 27.4 Å².